The van der Waals surface area contributed by atoms with E-state index in [4.69, 9.17) is 9.47 Å². The largest absolute Gasteiger partial charge is 0.493 e. The monoisotopic (exact) mass is 453 g/mol. The van der Waals surface area contributed by atoms with E-state index in [0.717, 1.165) is 43.9 Å². The number of ether oxygens (including phenoxy) is 2. The van der Waals surface area contributed by atoms with Crippen molar-refractivity contribution in [2.45, 2.75) is 45.4 Å². The van der Waals surface area contributed by atoms with Crippen LogP contribution in [0.15, 0.2) is 42.5 Å². The van der Waals surface area contributed by atoms with Crippen molar-refractivity contribution in [2.24, 2.45) is 17.8 Å². The lowest BCUT2D eigenvalue weighted by Gasteiger charge is -2.39. The van der Waals surface area contributed by atoms with Crippen molar-refractivity contribution >= 4 is 5.97 Å². The van der Waals surface area contributed by atoms with Crippen LogP contribution >= 0.6 is 0 Å². The Hall–Kier alpha value is -2.53. The van der Waals surface area contributed by atoms with Gasteiger partial charge in [-0.05, 0) is 85.9 Å². The first-order chi connectivity index (χ1) is 15.8. The predicted molar refractivity (Wildman–Crippen MR) is 132 cm³/mol. The molecular weight excluding hydrogens is 414 g/mol. The van der Waals surface area contributed by atoms with Crippen LogP contribution in [0.4, 0.5) is 0 Å². The van der Waals surface area contributed by atoms with Gasteiger partial charge in [0, 0.05) is 6.54 Å². The highest BCUT2D eigenvalue weighted by atomic mass is 16.5. The van der Waals surface area contributed by atoms with Crippen LogP contribution in [0.25, 0.3) is 0 Å². The fraction of sp³-hybridized carbons (Fsp3) is 0.536. The molecule has 0 bridgehead atoms. The summed E-state index contributed by atoms with van der Waals surface area (Å²) in [6, 6.07) is 14.6. The molecule has 1 unspecified atom stereocenters. The molecule has 0 radical (unpaired) electrons. The Kier molecular flexibility index (Phi) is 8.79. The zero-order valence-corrected chi connectivity index (χ0v) is 20.7. The Morgan fingerprint density at radius 1 is 1.09 bits per heavy atom. The predicted octanol–water partition coefficient (Wildman–Crippen LogP) is 5.27. The topological polar surface area (TPSA) is 59.0 Å². The molecule has 5 nitrogen and oxygen atoms in total. The fourth-order valence-corrected chi connectivity index (χ4v) is 5.47. The third kappa shape index (κ3) is 6.08. The molecule has 2 aromatic carbocycles. The summed E-state index contributed by atoms with van der Waals surface area (Å²) >= 11 is 0. The van der Waals surface area contributed by atoms with E-state index in [0.29, 0.717) is 18.3 Å². The average Bonchev–Trinajstić information content (AvgIpc) is 2.81. The highest BCUT2D eigenvalue weighted by Gasteiger charge is 2.39. The minimum Gasteiger partial charge on any atom is -0.493 e. The summed E-state index contributed by atoms with van der Waals surface area (Å²) < 4.78 is 10.7. The van der Waals surface area contributed by atoms with Crippen molar-refractivity contribution < 1.29 is 19.4 Å². The average molecular weight is 454 g/mol. The number of nitrogens with zero attached hydrogens (tertiary/aromatic N) is 1. The van der Waals surface area contributed by atoms with Crippen molar-refractivity contribution in [2.75, 3.05) is 34.4 Å². The van der Waals surface area contributed by atoms with Crippen LogP contribution in [0.2, 0.25) is 0 Å². The van der Waals surface area contributed by atoms with Gasteiger partial charge in [0.1, 0.15) is 0 Å². The van der Waals surface area contributed by atoms with Crippen molar-refractivity contribution in [3.63, 3.8) is 0 Å². The second kappa shape index (κ2) is 11.6. The van der Waals surface area contributed by atoms with E-state index in [1.165, 1.54) is 16.7 Å². The Balaban J connectivity index is 1.63. The summed E-state index contributed by atoms with van der Waals surface area (Å²) in [5, 5.41) is 10.2. The van der Waals surface area contributed by atoms with Crippen molar-refractivity contribution in [3.05, 3.63) is 59.2 Å². The number of methoxy groups -OCH3 is 2. The number of aryl methyl sites for hydroxylation is 1. The van der Waals surface area contributed by atoms with Gasteiger partial charge in [-0.3, -0.25) is 4.79 Å². The van der Waals surface area contributed by atoms with E-state index in [9.17, 15) is 9.90 Å². The molecule has 0 saturated heterocycles. The minimum absolute atomic E-state index is 0.177. The van der Waals surface area contributed by atoms with Gasteiger partial charge >= 0.3 is 5.97 Å². The van der Waals surface area contributed by atoms with E-state index < -0.39 is 5.97 Å². The second-order valence-electron chi connectivity index (χ2n) is 9.65. The second-order valence-corrected chi connectivity index (χ2v) is 9.65. The lowest BCUT2D eigenvalue weighted by atomic mass is 9.65. The molecule has 1 aliphatic carbocycles. The first-order valence-corrected chi connectivity index (χ1v) is 12.1. The van der Waals surface area contributed by atoms with Crippen molar-refractivity contribution in [3.8, 4) is 11.5 Å². The SMILES string of the molecule is COc1ccc(CCN(C)CCC(C(=O)O)[C@@H]2CCc3ccccc3[C@@H]2C(C)C)cc1OC. The zero-order chi connectivity index (χ0) is 24.0. The van der Waals surface area contributed by atoms with Gasteiger partial charge in [0.25, 0.3) is 0 Å². The Morgan fingerprint density at radius 2 is 1.82 bits per heavy atom. The smallest absolute Gasteiger partial charge is 0.306 e. The van der Waals surface area contributed by atoms with Crippen LogP contribution in [-0.2, 0) is 17.6 Å². The summed E-state index contributed by atoms with van der Waals surface area (Å²) in [7, 11) is 5.36. The molecule has 0 saturated carbocycles. The molecule has 0 fully saturated rings. The molecular formula is C28H39NO4. The molecule has 0 amide bonds. The summed E-state index contributed by atoms with van der Waals surface area (Å²) in [6.07, 6.45) is 3.48. The molecule has 0 heterocycles. The van der Waals surface area contributed by atoms with Gasteiger partial charge in [0.15, 0.2) is 11.5 Å². The number of hydrogen-bond donors (Lipinski definition) is 1. The molecule has 1 aliphatic rings. The minimum atomic E-state index is -0.654. The van der Waals surface area contributed by atoms with Gasteiger partial charge in [-0.2, -0.15) is 0 Å². The number of hydrogen-bond acceptors (Lipinski definition) is 4. The highest BCUT2D eigenvalue weighted by molar-refractivity contribution is 5.70. The van der Waals surface area contributed by atoms with Gasteiger partial charge in [-0.15, -0.1) is 0 Å². The van der Waals surface area contributed by atoms with Crippen LogP contribution in [0, 0.1) is 17.8 Å². The molecule has 3 atom stereocenters. The maximum atomic E-state index is 12.4. The van der Waals surface area contributed by atoms with Gasteiger partial charge in [0.2, 0.25) is 0 Å². The molecule has 180 valence electrons. The molecule has 33 heavy (non-hydrogen) atoms. The maximum Gasteiger partial charge on any atom is 0.306 e. The van der Waals surface area contributed by atoms with E-state index in [-0.39, 0.29) is 11.8 Å². The lowest BCUT2D eigenvalue weighted by Crippen LogP contribution is -2.36. The van der Waals surface area contributed by atoms with E-state index in [1.807, 2.05) is 12.1 Å². The normalized spacial score (nSPS) is 18.8. The van der Waals surface area contributed by atoms with Crippen molar-refractivity contribution in [1.29, 1.82) is 0 Å². The molecule has 0 spiro atoms. The third-order valence-electron chi connectivity index (χ3n) is 7.23. The molecule has 2 aromatic rings. The van der Waals surface area contributed by atoms with Gasteiger partial charge < -0.3 is 19.5 Å². The van der Waals surface area contributed by atoms with Gasteiger partial charge in [-0.25, -0.2) is 0 Å². The highest BCUT2D eigenvalue weighted by Crippen LogP contribution is 2.45. The molecule has 3 rings (SSSR count). The van der Waals surface area contributed by atoms with Crippen LogP contribution in [0.3, 0.4) is 0 Å². The van der Waals surface area contributed by atoms with Crippen LogP contribution < -0.4 is 9.47 Å². The molecule has 0 aromatic heterocycles. The van der Waals surface area contributed by atoms with Gasteiger partial charge in [0.05, 0.1) is 20.1 Å². The first-order valence-electron chi connectivity index (χ1n) is 12.1. The zero-order valence-electron chi connectivity index (χ0n) is 20.7. The Morgan fingerprint density at radius 3 is 2.48 bits per heavy atom. The number of fused-ring (bicyclic) bond motifs is 1. The summed E-state index contributed by atoms with van der Waals surface area (Å²) in [5.74, 6) is 1.38. The lowest BCUT2D eigenvalue weighted by molar-refractivity contribution is -0.145. The van der Waals surface area contributed by atoms with Crippen LogP contribution in [-0.4, -0.2) is 50.3 Å². The van der Waals surface area contributed by atoms with Gasteiger partial charge in [-0.1, -0.05) is 44.2 Å². The number of benzene rings is 2. The van der Waals surface area contributed by atoms with E-state index >= 15 is 0 Å². The fourth-order valence-electron chi connectivity index (χ4n) is 5.47. The summed E-state index contributed by atoms with van der Waals surface area (Å²) in [6.45, 7) is 6.10. The van der Waals surface area contributed by atoms with E-state index in [2.05, 4.69) is 56.1 Å². The van der Waals surface area contributed by atoms with Crippen LogP contribution in [0.1, 0.15) is 49.3 Å². The number of rotatable bonds is 11. The third-order valence-corrected chi connectivity index (χ3v) is 7.23. The summed E-state index contributed by atoms with van der Waals surface area (Å²) in [5.41, 5.74) is 3.93. The quantitative estimate of drug-likeness (QED) is 0.502. The standard InChI is InChI=1S/C28H39NO4/c1-19(2)27-22-9-7-6-8-21(22)11-12-23(27)24(28(30)31)15-17-29(3)16-14-20-10-13-25(32-4)26(18-20)33-5/h6-10,13,18-19,23-24,27H,11-12,14-17H2,1-5H3,(H,30,31)/t23-,24?,27-/m0/s1. The Labute approximate surface area is 198 Å². The van der Waals surface area contributed by atoms with E-state index in [1.54, 1.807) is 14.2 Å². The molecule has 1 N–H and O–H groups in total. The molecule has 5 heteroatoms. The number of aliphatic carboxylic acids is 1. The first kappa shape index (κ1) is 25.1. The maximum absolute atomic E-state index is 12.4. The van der Waals surface area contributed by atoms with Crippen molar-refractivity contribution in [1.82, 2.24) is 4.90 Å². The summed E-state index contributed by atoms with van der Waals surface area (Å²) in [4.78, 5) is 14.6. The number of carbonyl (C=O) groups is 1. The Bertz CT molecular complexity index is 926. The molecule has 0 aliphatic heterocycles. The number of likely N-dealkylation sites (N-methyl/N-ethyl adjacent to an activating group) is 1. The van der Waals surface area contributed by atoms with Crippen LogP contribution in [0.5, 0.6) is 11.5 Å². The number of carboxylic acids is 1. The number of carboxylic acid groups (broad SMARTS) is 1.